The maximum Gasteiger partial charge on any atom is 0.246 e. The first kappa shape index (κ1) is 13.3. The third-order valence-electron chi connectivity index (χ3n) is 1.87. The van der Waals surface area contributed by atoms with Gasteiger partial charge in [0.15, 0.2) is 0 Å². The van der Waals surface area contributed by atoms with Crippen molar-refractivity contribution in [2.45, 2.75) is 6.54 Å². The predicted molar refractivity (Wildman–Crippen MR) is 67.1 cm³/mol. The van der Waals surface area contributed by atoms with Crippen molar-refractivity contribution in [1.82, 2.24) is 4.90 Å². The minimum atomic E-state index is -3.40. The fraction of sp³-hybridized carbons (Fsp3) is 0.400. The van der Waals surface area contributed by atoms with Crippen molar-refractivity contribution in [3.8, 4) is 0 Å². The molecule has 4 nitrogen and oxygen atoms in total. The van der Waals surface area contributed by atoms with E-state index in [9.17, 15) is 8.42 Å². The van der Waals surface area contributed by atoms with Gasteiger partial charge in [-0.15, -0.1) is 11.6 Å². The molecule has 0 atom stereocenters. The molecule has 1 N–H and O–H groups in total. The van der Waals surface area contributed by atoms with E-state index in [1.807, 2.05) is 31.1 Å². The number of hydrogen-bond donors (Lipinski definition) is 1. The summed E-state index contributed by atoms with van der Waals surface area (Å²) < 4.78 is 24.7. The van der Waals surface area contributed by atoms with E-state index in [2.05, 4.69) is 4.72 Å². The van der Waals surface area contributed by atoms with Crippen LogP contribution >= 0.6 is 11.6 Å². The van der Waals surface area contributed by atoms with Crippen LogP contribution in [0.25, 0.3) is 0 Å². The summed E-state index contributed by atoms with van der Waals surface area (Å²) in [4.78, 5) is 2.04. The molecule has 0 bridgehead atoms. The van der Waals surface area contributed by atoms with Crippen molar-refractivity contribution in [3.05, 3.63) is 29.8 Å². The summed E-state index contributed by atoms with van der Waals surface area (Å²) in [6.07, 6.45) is 0. The summed E-state index contributed by atoms with van der Waals surface area (Å²) in [6.45, 7) is 0.822. The lowest BCUT2D eigenvalue weighted by Crippen LogP contribution is -2.14. The molecule has 0 spiro atoms. The lowest BCUT2D eigenvalue weighted by atomic mass is 10.2. The van der Waals surface area contributed by atoms with Crippen molar-refractivity contribution in [2.24, 2.45) is 0 Å². The average molecular weight is 263 g/mol. The van der Waals surface area contributed by atoms with Gasteiger partial charge in [0.25, 0.3) is 0 Å². The molecule has 0 heterocycles. The van der Waals surface area contributed by atoms with E-state index in [1.54, 1.807) is 12.1 Å². The number of benzene rings is 1. The second-order valence-corrected chi connectivity index (χ2v) is 6.07. The normalized spacial score (nSPS) is 11.8. The molecule has 0 aliphatic heterocycles. The topological polar surface area (TPSA) is 49.4 Å². The maximum absolute atomic E-state index is 11.2. The Hall–Kier alpha value is -0.780. The van der Waals surface area contributed by atoms with E-state index in [1.165, 1.54) is 0 Å². The number of nitrogens with one attached hydrogen (secondary N) is 1. The van der Waals surface area contributed by atoms with Gasteiger partial charge >= 0.3 is 0 Å². The average Bonchev–Trinajstić information content (AvgIpc) is 2.20. The predicted octanol–water partition coefficient (Wildman–Crippen LogP) is 1.69. The van der Waals surface area contributed by atoms with Gasteiger partial charge in [0, 0.05) is 12.2 Å². The van der Waals surface area contributed by atoms with E-state index in [0.717, 1.165) is 12.1 Å². The van der Waals surface area contributed by atoms with Gasteiger partial charge in [0.05, 0.1) is 0 Å². The van der Waals surface area contributed by atoms with E-state index in [0.29, 0.717) is 5.69 Å². The molecule has 1 aromatic rings. The molecule has 0 aromatic heterocycles. The second kappa shape index (κ2) is 5.52. The zero-order valence-electron chi connectivity index (χ0n) is 9.27. The first-order valence-corrected chi connectivity index (χ1v) is 6.92. The molecule has 0 unspecified atom stereocenters. The molecule has 0 saturated heterocycles. The molecule has 16 heavy (non-hydrogen) atoms. The maximum atomic E-state index is 11.2. The summed E-state index contributed by atoms with van der Waals surface area (Å²) in [5.74, 6) is 0. The SMILES string of the molecule is CN(C)Cc1ccc(NS(=O)(=O)CCl)cc1. The minimum Gasteiger partial charge on any atom is -0.305 e. The summed E-state index contributed by atoms with van der Waals surface area (Å²) >= 11 is 5.29. The lowest BCUT2D eigenvalue weighted by Gasteiger charge is -2.10. The molecule has 6 heteroatoms. The van der Waals surface area contributed by atoms with Crippen LogP contribution in [-0.2, 0) is 16.6 Å². The highest BCUT2D eigenvalue weighted by atomic mass is 35.5. The van der Waals surface area contributed by atoms with Crippen LogP contribution in [0.2, 0.25) is 0 Å². The van der Waals surface area contributed by atoms with Gasteiger partial charge in [-0.25, -0.2) is 8.42 Å². The van der Waals surface area contributed by atoms with Crippen LogP contribution in [-0.4, -0.2) is 32.6 Å². The summed E-state index contributed by atoms with van der Waals surface area (Å²) in [7, 11) is 0.549. The molecular weight excluding hydrogens is 248 g/mol. The van der Waals surface area contributed by atoms with Crippen LogP contribution in [0.5, 0.6) is 0 Å². The Labute approximate surface area is 101 Å². The number of halogens is 1. The van der Waals surface area contributed by atoms with Gasteiger partial charge < -0.3 is 4.90 Å². The molecule has 0 fully saturated rings. The third kappa shape index (κ3) is 4.38. The van der Waals surface area contributed by atoms with Gasteiger partial charge in [0.2, 0.25) is 10.0 Å². The first-order chi connectivity index (χ1) is 7.43. The van der Waals surface area contributed by atoms with E-state index in [4.69, 9.17) is 11.6 Å². The second-order valence-electron chi connectivity index (χ2n) is 3.76. The fourth-order valence-electron chi connectivity index (χ4n) is 1.25. The van der Waals surface area contributed by atoms with Crippen LogP contribution in [0.3, 0.4) is 0 Å². The summed E-state index contributed by atoms with van der Waals surface area (Å²) in [5.41, 5.74) is 1.65. The lowest BCUT2D eigenvalue weighted by molar-refractivity contribution is 0.402. The number of nitrogens with zero attached hydrogens (tertiary/aromatic N) is 1. The first-order valence-electron chi connectivity index (χ1n) is 4.73. The monoisotopic (exact) mass is 262 g/mol. The zero-order valence-corrected chi connectivity index (χ0v) is 10.8. The summed E-state index contributed by atoms with van der Waals surface area (Å²) in [5, 5.41) is -0.438. The molecule has 0 saturated carbocycles. The third-order valence-corrected chi connectivity index (χ3v) is 3.57. The standard InChI is InChI=1S/C10H15ClN2O2S/c1-13(2)7-9-3-5-10(6-4-9)12-16(14,15)8-11/h3-6,12H,7-8H2,1-2H3. The number of rotatable bonds is 5. The van der Waals surface area contributed by atoms with Crippen LogP contribution in [0.4, 0.5) is 5.69 Å². The van der Waals surface area contributed by atoms with Crippen LogP contribution < -0.4 is 4.72 Å². The Bertz CT molecular complexity index is 429. The highest BCUT2D eigenvalue weighted by molar-refractivity contribution is 7.93. The Morgan fingerprint density at radius 1 is 1.25 bits per heavy atom. The summed E-state index contributed by atoms with van der Waals surface area (Å²) in [6, 6.07) is 7.21. The molecule has 1 aromatic carbocycles. The van der Waals surface area contributed by atoms with E-state index >= 15 is 0 Å². The van der Waals surface area contributed by atoms with Crippen molar-refractivity contribution in [1.29, 1.82) is 0 Å². The largest absolute Gasteiger partial charge is 0.305 e. The Morgan fingerprint density at radius 2 is 1.81 bits per heavy atom. The fourth-order valence-corrected chi connectivity index (χ4v) is 1.96. The van der Waals surface area contributed by atoms with Crippen LogP contribution in [0, 0.1) is 0 Å². The molecular formula is C10H15ClN2O2S. The number of anilines is 1. The van der Waals surface area contributed by atoms with Crippen molar-refractivity contribution < 1.29 is 8.42 Å². The zero-order chi connectivity index (χ0) is 12.2. The van der Waals surface area contributed by atoms with Gasteiger partial charge in [-0.05, 0) is 31.8 Å². The quantitative estimate of drug-likeness (QED) is 0.822. The van der Waals surface area contributed by atoms with Gasteiger partial charge in [-0.1, -0.05) is 12.1 Å². The van der Waals surface area contributed by atoms with E-state index in [-0.39, 0.29) is 0 Å². The Morgan fingerprint density at radius 3 is 2.25 bits per heavy atom. The van der Waals surface area contributed by atoms with E-state index < -0.39 is 15.2 Å². The number of hydrogen-bond acceptors (Lipinski definition) is 3. The molecule has 0 amide bonds. The highest BCUT2D eigenvalue weighted by Gasteiger charge is 2.07. The van der Waals surface area contributed by atoms with Crippen LogP contribution in [0.1, 0.15) is 5.56 Å². The van der Waals surface area contributed by atoms with Gasteiger partial charge in [0.1, 0.15) is 5.21 Å². The molecule has 0 radical (unpaired) electrons. The molecule has 0 aliphatic carbocycles. The highest BCUT2D eigenvalue weighted by Crippen LogP contribution is 2.12. The van der Waals surface area contributed by atoms with Crippen molar-refractivity contribution >= 4 is 27.3 Å². The molecule has 0 aliphatic rings. The van der Waals surface area contributed by atoms with Crippen LogP contribution in [0.15, 0.2) is 24.3 Å². The smallest absolute Gasteiger partial charge is 0.246 e. The minimum absolute atomic E-state index is 0.438. The number of sulfonamides is 1. The molecule has 90 valence electrons. The van der Waals surface area contributed by atoms with Gasteiger partial charge in [-0.3, -0.25) is 4.72 Å². The Balaban J connectivity index is 2.72. The molecule has 1 rings (SSSR count). The van der Waals surface area contributed by atoms with Gasteiger partial charge in [-0.2, -0.15) is 0 Å². The van der Waals surface area contributed by atoms with Crippen molar-refractivity contribution in [2.75, 3.05) is 24.0 Å². The number of alkyl halides is 1. The van der Waals surface area contributed by atoms with Crippen molar-refractivity contribution in [3.63, 3.8) is 0 Å². The Kier molecular flexibility index (Phi) is 4.58.